The van der Waals surface area contributed by atoms with Gasteiger partial charge in [-0.05, 0) is 30.3 Å². The highest BCUT2D eigenvalue weighted by molar-refractivity contribution is 7.99. The Morgan fingerprint density at radius 1 is 1.25 bits per heavy atom. The predicted octanol–water partition coefficient (Wildman–Crippen LogP) is 3.01. The minimum absolute atomic E-state index is 0.282. The van der Waals surface area contributed by atoms with Crippen LogP contribution in [-0.4, -0.2) is 30.5 Å². The van der Waals surface area contributed by atoms with Gasteiger partial charge in [0.2, 0.25) is 0 Å². The Bertz CT molecular complexity index is 1020. The molecule has 0 bridgehead atoms. The molecule has 2 aromatic carbocycles. The number of carbonyl (C=O) groups excluding carboxylic acids is 2. The van der Waals surface area contributed by atoms with E-state index in [-0.39, 0.29) is 5.56 Å². The van der Waals surface area contributed by atoms with Gasteiger partial charge in [0, 0.05) is 27.3 Å². The van der Waals surface area contributed by atoms with Crippen LogP contribution in [0.5, 0.6) is 5.75 Å². The summed E-state index contributed by atoms with van der Waals surface area (Å²) in [6.45, 7) is 0. The number of hydrogen-bond acceptors (Lipinski definition) is 7. The zero-order valence-corrected chi connectivity index (χ0v) is 15.8. The predicted molar refractivity (Wildman–Crippen MR) is 104 cm³/mol. The van der Waals surface area contributed by atoms with E-state index in [1.54, 1.807) is 36.0 Å². The molecule has 0 fully saturated rings. The number of nitrogens with one attached hydrogen (secondary N) is 1. The number of Topliss-reactive ketones (excluding diaryl/α,β-unsaturated/α-hetero) is 2. The maximum atomic E-state index is 13.0. The van der Waals surface area contributed by atoms with Crippen LogP contribution in [0.3, 0.4) is 0 Å². The Morgan fingerprint density at radius 2 is 2.00 bits per heavy atom. The first-order chi connectivity index (χ1) is 13.6. The summed E-state index contributed by atoms with van der Waals surface area (Å²) in [6, 6.07) is 16.0. The summed E-state index contributed by atoms with van der Waals surface area (Å²) >= 11 is 1.60. The SMILES string of the molecule is COc1ccc(C(=O)C(C#N)C(=O)C2ONC3=C2CSc2ccccc23)cc1. The van der Waals surface area contributed by atoms with Crippen LogP contribution >= 0.6 is 11.8 Å². The fourth-order valence-corrected chi connectivity index (χ4v) is 4.38. The van der Waals surface area contributed by atoms with Crippen LogP contribution in [0.25, 0.3) is 5.70 Å². The molecule has 2 heterocycles. The molecular weight excluding hydrogens is 376 g/mol. The number of thioether (sulfide) groups is 1. The van der Waals surface area contributed by atoms with Crippen LogP contribution in [0.2, 0.25) is 0 Å². The van der Waals surface area contributed by atoms with Crippen molar-refractivity contribution in [1.29, 1.82) is 5.26 Å². The lowest BCUT2D eigenvalue weighted by molar-refractivity contribution is -0.130. The fourth-order valence-electron chi connectivity index (χ4n) is 3.27. The maximum Gasteiger partial charge on any atom is 0.193 e. The summed E-state index contributed by atoms with van der Waals surface area (Å²) in [6.07, 6.45) is -0.956. The van der Waals surface area contributed by atoms with E-state index in [0.29, 0.717) is 11.5 Å². The largest absolute Gasteiger partial charge is 0.497 e. The summed E-state index contributed by atoms with van der Waals surface area (Å²) in [5.74, 6) is -1.39. The van der Waals surface area contributed by atoms with E-state index in [1.165, 1.54) is 7.11 Å². The van der Waals surface area contributed by atoms with Gasteiger partial charge in [-0.15, -0.1) is 11.8 Å². The molecule has 0 aromatic heterocycles. The third kappa shape index (κ3) is 3.07. The average molecular weight is 392 g/mol. The molecule has 2 atom stereocenters. The first kappa shape index (κ1) is 18.3. The third-order valence-electron chi connectivity index (χ3n) is 4.76. The Kier molecular flexibility index (Phi) is 4.90. The van der Waals surface area contributed by atoms with Gasteiger partial charge in [0.1, 0.15) is 5.75 Å². The van der Waals surface area contributed by atoms with E-state index in [4.69, 9.17) is 9.57 Å². The second kappa shape index (κ2) is 7.50. The zero-order chi connectivity index (χ0) is 19.7. The maximum absolute atomic E-state index is 13.0. The lowest BCUT2D eigenvalue weighted by Gasteiger charge is -2.18. The van der Waals surface area contributed by atoms with E-state index >= 15 is 0 Å². The minimum Gasteiger partial charge on any atom is -0.497 e. The van der Waals surface area contributed by atoms with Crippen molar-refractivity contribution in [2.24, 2.45) is 5.92 Å². The van der Waals surface area contributed by atoms with Crippen LogP contribution in [0.15, 0.2) is 59.0 Å². The van der Waals surface area contributed by atoms with Crippen molar-refractivity contribution in [2.45, 2.75) is 11.0 Å². The van der Waals surface area contributed by atoms with Crippen LogP contribution in [-0.2, 0) is 9.63 Å². The van der Waals surface area contributed by atoms with Crippen molar-refractivity contribution in [3.8, 4) is 11.8 Å². The highest BCUT2D eigenvalue weighted by Crippen LogP contribution is 2.40. The second-order valence-corrected chi connectivity index (χ2v) is 7.36. The van der Waals surface area contributed by atoms with Crippen molar-refractivity contribution in [3.05, 3.63) is 65.2 Å². The molecule has 2 aromatic rings. The van der Waals surface area contributed by atoms with Crippen molar-refractivity contribution < 1.29 is 19.2 Å². The number of carbonyl (C=O) groups is 2. The number of nitriles is 1. The molecule has 2 aliphatic rings. The third-order valence-corrected chi connectivity index (χ3v) is 5.89. The average Bonchev–Trinajstić information content (AvgIpc) is 3.19. The molecule has 2 unspecified atom stereocenters. The highest BCUT2D eigenvalue weighted by atomic mass is 32.2. The number of hydroxylamine groups is 1. The fraction of sp³-hybridized carbons (Fsp3) is 0.190. The van der Waals surface area contributed by atoms with Crippen molar-refractivity contribution >= 4 is 29.0 Å². The zero-order valence-electron chi connectivity index (χ0n) is 15.0. The summed E-state index contributed by atoms with van der Waals surface area (Å²) in [4.78, 5) is 32.4. The molecule has 1 N–H and O–H groups in total. The smallest absolute Gasteiger partial charge is 0.193 e. The first-order valence-electron chi connectivity index (χ1n) is 8.62. The molecule has 0 amide bonds. The first-order valence-corrected chi connectivity index (χ1v) is 9.61. The molecule has 140 valence electrons. The van der Waals surface area contributed by atoms with Gasteiger partial charge in [0.15, 0.2) is 23.6 Å². The van der Waals surface area contributed by atoms with Gasteiger partial charge in [-0.2, -0.15) is 5.26 Å². The summed E-state index contributed by atoms with van der Waals surface area (Å²) in [7, 11) is 1.52. The molecule has 0 spiro atoms. The van der Waals surface area contributed by atoms with Gasteiger partial charge < -0.3 is 4.74 Å². The van der Waals surface area contributed by atoms with Crippen molar-refractivity contribution in [3.63, 3.8) is 0 Å². The van der Waals surface area contributed by atoms with Crippen LogP contribution in [0, 0.1) is 17.2 Å². The number of ketones is 2. The van der Waals surface area contributed by atoms with Crippen LogP contribution < -0.4 is 10.2 Å². The van der Waals surface area contributed by atoms with Crippen molar-refractivity contribution in [2.75, 3.05) is 12.9 Å². The lowest BCUT2D eigenvalue weighted by atomic mass is 9.89. The molecular formula is C21H16N2O4S. The van der Waals surface area contributed by atoms with Gasteiger partial charge in [-0.3, -0.25) is 19.9 Å². The minimum atomic E-state index is -1.44. The van der Waals surface area contributed by atoms with Crippen molar-refractivity contribution in [1.82, 2.24) is 5.48 Å². The van der Waals surface area contributed by atoms with E-state index in [1.807, 2.05) is 30.3 Å². The Labute approximate surface area is 166 Å². The molecule has 0 saturated heterocycles. The molecule has 6 nitrogen and oxygen atoms in total. The Morgan fingerprint density at radius 3 is 2.71 bits per heavy atom. The number of fused-ring (bicyclic) bond motifs is 2. The molecule has 0 aliphatic carbocycles. The summed E-state index contributed by atoms with van der Waals surface area (Å²) in [5.41, 5.74) is 5.58. The lowest BCUT2D eigenvalue weighted by Crippen LogP contribution is -2.35. The number of nitrogens with zero attached hydrogens (tertiary/aromatic N) is 1. The number of methoxy groups -OCH3 is 1. The number of ether oxygens (including phenoxy) is 1. The van der Waals surface area contributed by atoms with Gasteiger partial charge >= 0.3 is 0 Å². The van der Waals surface area contributed by atoms with E-state index in [9.17, 15) is 14.9 Å². The monoisotopic (exact) mass is 392 g/mol. The molecule has 0 saturated carbocycles. The molecule has 0 radical (unpaired) electrons. The number of rotatable bonds is 5. The second-order valence-electron chi connectivity index (χ2n) is 6.34. The van der Waals surface area contributed by atoms with E-state index < -0.39 is 23.6 Å². The highest BCUT2D eigenvalue weighted by Gasteiger charge is 2.41. The molecule has 28 heavy (non-hydrogen) atoms. The standard InChI is InChI=1S/C21H16N2O4S/c1-26-13-8-6-12(7-9-13)19(24)15(10-22)20(25)21-16-11-28-17-5-3-2-4-14(17)18(16)23-27-21/h2-9,15,21,23H,11H2,1H3. The topological polar surface area (TPSA) is 88.4 Å². The molecule has 7 heteroatoms. The van der Waals surface area contributed by atoms with Gasteiger partial charge in [0.05, 0.1) is 18.9 Å². The van der Waals surface area contributed by atoms with Crippen LogP contribution in [0.4, 0.5) is 0 Å². The molecule has 4 rings (SSSR count). The van der Waals surface area contributed by atoms with E-state index in [0.717, 1.165) is 21.7 Å². The summed E-state index contributed by atoms with van der Waals surface area (Å²) < 4.78 is 5.07. The number of hydrogen-bond donors (Lipinski definition) is 1. The van der Waals surface area contributed by atoms with Gasteiger partial charge in [-0.25, -0.2) is 0 Å². The molecule has 2 aliphatic heterocycles. The van der Waals surface area contributed by atoms with Gasteiger partial charge in [0.25, 0.3) is 0 Å². The Balaban J connectivity index is 1.60. The van der Waals surface area contributed by atoms with Gasteiger partial charge in [-0.1, -0.05) is 18.2 Å². The normalized spacial score (nSPS) is 18.4. The number of benzene rings is 2. The van der Waals surface area contributed by atoms with Crippen LogP contribution in [0.1, 0.15) is 15.9 Å². The van der Waals surface area contributed by atoms with E-state index in [2.05, 4.69) is 5.48 Å². The summed E-state index contributed by atoms with van der Waals surface area (Å²) in [5, 5.41) is 9.53. The quantitative estimate of drug-likeness (QED) is 0.618. The Hall–Kier alpha value is -3.08.